The molecule has 1 saturated heterocycles. The molecule has 2 aromatic rings. The minimum atomic E-state index is -0.404. The van der Waals surface area contributed by atoms with E-state index in [0.29, 0.717) is 50.7 Å². The predicted molar refractivity (Wildman–Crippen MR) is 129 cm³/mol. The van der Waals surface area contributed by atoms with Crippen LogP contribution in [0, 0.1) is 10.1 Å². The molecule has 1 amide bonds. The third-order valence-corrected chi connectivity index (χ3v) is 4.72. The molecule has 2 N–H and O–H groups in total. The zero-order chi connectivity index (χ0) is 21.3. The number of guanidine groups is 1. The largest absolute Gasteiger partial charge is 0.459 e. The molecule has 10 nitrogen and oxygen atoms in total. The summed E-state index contributed by atoms with van der Waals surface area (Å²) in [5, 5.41) is 17.4. The molecule has 0 unspecified atom stereocenters. The third-order valence-electron chi connectivity index (χ3n) is 4.72. The van der Waals surface area contributed by atoms with Crippen molar-refractivity contribution in [1.82, 2.24) is 15.1 Å². The fourth-order valence-corrected chi connectivity index (χ4v) is 3.24. The van der Waals surface area contributed by atoms with Gasteiger partial charge in [0.25, 0.3) is 11.6 Å². The molecule has 3 rings (SSSR count). The maximum atomic E-state index is 12.4. The average molecular weight is 542 g/mol. The average Bonchev–Trinajstić information content (AvgIpc) is 3.30. The summed E-state index contributed by atoms with van der Waals surface area (Å²) in [4.78, 5) is 31.6. The van der Waals surface area contributed by atoms with Crippen LogP contribution >= 0.6 is 24.0 Å². The van der Waals surface area contributed by atoms with Gasteiger partial charge >= 0.3 is 0 Å². The number of halogens is 1. The van der Waals surface area contributed by atoms with Crippen LogP contribution in [0.2, 0.25) is 0 Å². The summed E-state index contributed by atoms with van der Waals surface area (Å²) in [6.07, 6.45) is 1.50. The van der Waals surface area contributed by atoms with Crippen molar-refractivity contribution in [3.05, 3.63) is 58.5 Å². The molecule has 0 aliphatic carbocycles. The Morgan fingerprint density at radius 3 is 2.52 bits per heavy atom. The lowest BCUT2D eigenvalue weighted by Crippen LogP contribution is -2.53. The van der Waals surface area contributed by atoms with Gasteiger partial charge in [0.1, 0.15) is 5.69 Å². The van der Waals surface area contributed by atoms with E-state index in [1.54, 1.807) is 35.2 Å². The Hall–Kier alpha value is -2.83. The molecular formula is C20H27IN6O4. The fraction of sp³-hybridized carbons (Fsp3) is 0.400. The van der Waals surface area contributed by atoms with Gasteiger partial charge in [0.05, 0.1) is 17.7 Å². The minimum Gasteiger partial charge on any atom is -0.459 e. The van der Waals surface area contributed by atoms with Crippen molar-refractivity contribution in [3.8, 4) is 0 Å². The van der Waals surface area contributed by atoms with Crippen LogP contribution in [0.25, 0.3) is 0 Å². The molecule has 11 heteroatoms. The van der Waals surface area contributed by atoms with Crippen LogP contribution in [0.15, 0.2) is 52.1 Å². The first-order valence-corrected chi connectivity index (χ1v) is 9.93. The normalized spacial score (nSPS) is 14.0. The van der Waals surface area contributed by atoms with Gasteiger partial charge in [-0.1, -0.05) is 12.1 Å². The van der Waals surface area contributed by atoms with E-state index in [0.717, 1.165) is 12.5 Å². The van der Waals surface area contributed by atoms with Crippen molar-refractivity contribution >= 4 is 47.2 Å². The Kier molecular flexibility index (Phi) is 9.56. The first-order chi connectivity index (χ1) is 14.6. The summed E-state index contributed by atoms with van der Waals surface area (Å²) in [6.45, 7) is 6.14. The van der Waals surface area contributed by atoms with Crippen LogP contribution in [0.4, 0.5) is 11.4 Å². The number of benzene rings is 1. The van der Waals surface area contributed by atoms with E-state index in [1.165, 1.54) is 12.3 Å². The topological polar surface area (TPSA) is 116 Å². The van der Waals surface area contributed by atoms with Gasteiger partial charge in [-0.15, -0.1) is 24.0 Å². The summed E-state index contributed by atoms with van der Waals surface area (Å²) >= 11 is 0. The summed E-state index contributed by atoms with van der Waals surface area (Å²) in [5.41, 5.74) is 0.526. The summed E-state index contributed by atoms with van der Waals surface area (Å²) in [5.74, 6) is 1.02. The summed E-state index contributed by atoms with van der Waals surface area (Å²) in [6, 6.07) is 9.93. The number of piperazine rings is 1. The van der Waals surface area contributed by atoms with E-state index in [4.69, 9.17) is 4.42 Å². The zero-order valence-electron chi connectivity index (χ0n) is 17.3. The molecular weight excluding hydrogens is 515 g/mol. The van der Waals surface area contributed by atoms with Crippen LogP contribution < -0.4 is 10.6 Å². The van der Waals surface area contributed by atoms with E-state index in [1.807, 2.05) is 6.92 Å². The zero-order valence-corrected chi connectivity index (χ0v) is 19.7. The number of rotatable bonds is 7. The van der Waals surface area contributed by atoms with E-state index in [2.05, 4.69) is 20.5 Å². The van der Waals surface area contributed by atoms with Crippen molar-refractivity contribution in [2.45, 2.75) is 6.92 Å². The molecule has 1 aromatic heterocycles. The van der Waals surface area contributed by atoms with Crippen molar-refractivity contribution < 1.29 is 14.1 Å². The van der Waals surface area contributed by atoms with Gasteiger partial charge in [-0.05, 0) is 25.1 Å². The molecule has 1 aliphatic heterocycles. The highest BCUT2D eigenvalue weighted by Crippen LogP contribution is 2.22. The van der Waals surface area contributed by atoms with E-state index >= 15 is 0 Å². The number of aliphatic imine (C=N–C) groups is 1. The Morgan fingerprint density at radius 2 is 1.87 bits per heavy atom. The number of nitro benzene ring substituents is 1. The van der Waals surface area contributed by atoms with E-state index in [9.17, 15) is 14.9 Å². The van der Waals surface area contributed by atoms with Gasteiger partial charge in [0.2, 0.25) is 0 Å². The Labute approximate surface area is 197 Å². The highest BCUT2D eigenvalue weighted by molar-refractivity contribution is 14.0. The number of amides is 1. The van der Waals surface area contributed by atoms with Crippen LogP contribution in [0.1, 0.15) is 17.5 Å². The van der Waals surface area contributed by atoms with E-state index < -0.39 is 4.92 Å². The number of para-hydroxylation sites is 2. The van der Waals surface area contributed by atoms with Gasteiger partial charge in [-0.2, -0.15) is 0 Å². The molecule has 0 bridgehead atoms. The summed E-state index contributed by atoms with van der Waals surface area (Å²) in [7, 11) is 0. The predicted octanol–water partition coefficient (Wildman–Crippen LogP) is 2.64. The van der Waals surface area contributed by atoms with Crippen molar-refractivity contribution in [2.24, 2.45) is 4.99 Å². The molecule has 0 atom stereocenters. The lowest BCUT2D eigenvalue weighted by atomic mass is 10.2. The maximum Gasteiger partial charge on any atom is 0.292 e. The van der Waals surface area contributed by atoms with Gasteiger partial charge in [0.15, 0.2) is 11.7 Å². The monoisotopic (exact) mass is 542 g/mol. The summed E-state index contributed by atoms with van der Waals surface area (Å²) < 4.78 is 5.20. The highest BCUT2D eigenvalue weighted by Gasteiger charge is 2.25. The Bertz CT molecular complexity index is 882. The quantitative estimate of drug-likeness (QED) is 0.138. The lowest BCUT2D eigenvalue weighted by molar-refractivity contribution is -0.384. The van der Waals surface area contributed by atoms with Gasteiger partial charge < -0.3 is 24.9 Å². The number of hydrogen-bond acceptors (Lipinski definition) is 6. The standard InChI is InChI=1S/C20H26N6O4.HI/c1-2-21-20(23-10-9-22-16-6-3-4-7-17(16)26(28)29)25-13-11-24(12-14-25)19(27)18-8-5-15-30-18;/h3-8,15,22H,2,9-14H2,1H3,(H,21,23);1H. The number of nitrogens with zero attached hydrogens (tertiary/aromatic N) is 4. The van der Waals surface area contributed by atoms with E-state index in [-0.39, 0.29) is 35.6 Å². The molecule has 1 aliphatic rings. The van der Waals surface area contributed by atoms with Crippen LogP contribution in [0.3, 0.4) is 0 Å². The highest BCUT2D eigenvalue weighted by atomic mass is 127. The first kappa shape index (κ1) is 24.4. The molecule has 2 heterocycles. The van der Waals surface area contributed by atoms with Crippen LogP contribution in [-0.4, -0.2) is 72.4 Å². The van der Waals surface area contributed by atoms with Crippen molar-refractivity contribution in [3.63, 3.8) is 0 Å². The van der Waals surface area contributed by atoms with Gasteiger partial charge in [0, 0.05) is 45.3 Å². The third kappa shape index (κ3) is 6.57. The maximum absolute atomic E-state index is 12.4. The van der Waals surface area contributed by atoms with Crippen molar-refractivity contribution in [1.29, 1.82) is 0 Å². The SMILES string of the molecule is CCNC(=NCCNc1ccccc1[N+](=O)[O-])N1CCN(C(=O)c2ccco2)CC1.I. The number of carbonyl (C=O) groups excluding carboxylic acids is 1. The number of nitrogens with one attached hydrogen (secondary N) is 2. The minimum absolute atomic E-state index is 0. The van der Waals surface area contributed by atoms with Crippen LogP contribution in [0.5, 0.6) is 0 Å². The fourth-order valence-electron chi connectivity index (χ4n) is 3.24. The second-order valence-electron chi connectivity index (χ2n) is 6.69. The number of furan rings is 1. The lowest BCUT2D eigenvalue weighted by Gasteiger charge is -2.36. The molecule has 0 spiro atoms. The number of anilines is 1. The molecule has 1 fully saturated rings. The number of carbonyl (C=O) groups is 1. The first-order valence-electron chi connectivity index (χ1n) is 9.93. The van der Waals surface area contributed by atoms with Gasteiger partial charge in [-0.25, -0.2) is 0 Å². The second kappa shape index (κ2) is 12.1. The Morgan fingerprint density at radius 1 is 1.16 bits per heavy atom. The molecule has 0 saturated carbocycles. The van der Waals surface area contributed by atoms with Gasteiger partial charge in [-0.3, -0.25) is 19.9 Å². The number of nitro groups is 1. The Balaban J connectivity index is 0.00000341. The smallest absolute Gasteiger partial charge is 0.292 e. The number of hydrogen-bond donors (Lipinski definition) is 2. The van der Waals surface area contributed by atoms with Crippen LogP contribution in [-0.2, 0) is 0 Å². The van der Waals surface area contributed by atoms with Crippen molar-refractivity contribution in [2.75, 3.05) is 51.1 Å². The molecule has 168 valence electrons. The molecule has 1 aromatic carbocycles. The molecule has 0 radical (unpaired) electrons. The second-order valence-corrected chi connectivity index (χ2v) is 6.69. The molecule has 31 heavy (non-hydrogen) atoms.